The van der Waals surface area contributed by atoms with Crippen molar-refractivity contribution in [3.8, 4) is 39.0 Å². The summed E-state index contributed by atoms with van der Waals surface area (Å²) in [5.74, 6) is -0.925. The number of methoxy groups -OCH3 is 1. The molecule has 2 aromatic heterocycles. The summed E-state index contributed by atoms with van der Waals surface area (Å²) in [5.41, 5.74) is 6.96. The lowest BCUT2D eigenvalue weighted by atomic mass is 10.0. The highest BCUT2D eigenvalue weighted by atomic mass is 32.2. The van der Waals surface area contributed by atoms with E-state index in [-0.39, 0.29) is 12.2 Å². The molecule has 1 saturated carbocycles. The maximum Gasteiger partial charge on any atom is 0.357 e. The summed E-state index contributed by atoms with van der Waals surface area (Å²) in [6.07, 6.45) is 2.95. The summed E-state index contributed by atoms with van der Waals surface area (Å²) in [4.78, 5) is 17.3. The monoisotopic (exact) mass is 640 g/mol. The molecular weight excluding hydrogens is 612 g/mol. The van der Waals surface area contributed by atoms with E-state index in [1.807, 2.05) is 37.3 Å². The second kappa shape index (κ2) is 12.0. The molecule has 0 atom stereocenters. The van der Waals surface area contributed by atoms with Crippen molar-refractivity contribution in [2.75, 3.05) is 7.11 Å². The van der Waals surface area contributed by atoms with Crippen LogP contribution in [0.2, 0.25) is 0 Å². The van der Waals surface area contributed by atoms with Gasteiger partial charge in [-0.25, -0.2) is 27.7 Å². The average Bonchev–Trinajstić information content (AvgIpc) is 3.67. The number of esters is 1. The molecule has 1 aliphatic carbocycles. The maximum atomic E-state index is 15.0. The third kappa shape index (κ3) is 6.31. The largest absolute Gasteiger partial charge is 0.464 e. The summed E-state index contributed by atoms with van der Waals surface area (Å²) >= 11 is 1.41. The smallest absolute Gasteiger partial charge is 0.357 e. The van der Waals surface area contributed by atoms with Crippen LogP contribution in [0.4, 0.5) is 4.39 Å². The first kappa shape index (κ1) is 30.4. The van der Waals surface area contributed by atoms with Crippen LogP contribution in [0.3, 0.4) is 0 Å². The van der Waals surface area contributed by atoms with E-state index < -0.39 is 26.7 Å². The van der Waals surface area contributed by atoms with E-state index in [1.54, 1.807) is 18.2 Å². The Labute approximate surface area is 264 Å². The predicted molar refractivity (Wildman–Crippen MR) is 171 cm³/mol. The molecule has 0 spiro atoms. The van der Waals surface area contributed by atoms with E-state index >= 15 is 0 Å². The molecular formula is C34H29FN4O4S2. The number of carbonyl (C=O) groups is 1. The zero-order chi connectivity index (χ0) is 31.9. The lowest BCUT2D eigenvalue weighted by Gasteiger charge is -2.16. The maximum absolute atomic E-state index is 15.0. The standard InChI is InChI=1S/C34H29FN4O4S2/c1-20-32(34(40)43-2)38-33(44-20)27-17-29(26-5-3-4-25(16-26)24-11-8-22(18-36)9-12-24)39(30(27)15-21-6-7-21)19-23-10-13-31(28(35)14-23)45(37,41)42/h3-5,8-14,16-17,21H,6-7,15,19H2,1-2H3,(H2,37,41,42). The molecule has 0 bridgehead atoms. The Balaban J connectivity index is 1.53. The Kier molecular flexibility index (Phi) is 8.14. The molecule has 228 valence electrons. The summed E-state index contributed by atoms with van der Waals surface area (Å²) in [6, 6.07) is 23.6. The van der Waals surface area contributed by atoms with Crippen LogP contribution in [0.1, 0.15) is 45.0 Å². The second-order valence-electron chi connectivity index (χ2n) is 11.1. The topological polar surface area (TPSA) is 128 Å². The van der Waals surface area contributed by atoms with E-state index in [1.165, 1.54) is 30.6 Å². The Morgan fingerprint density at radius 1 is 1.09 bits per heavy atom. The first-order valence-electron chi connectivity index (χ1n) is 14.3. The number of thiazole rings is 1. The molecule has 0 aliphatic heterocycles. The number of rotatable bonds is 9. The van der Waals surface area contributed by atoms with Crippen LogP contribution in [0.15, 0.2) is 77.7 Å². The van der Waals surface area contributed by atoms with Crippen molar-refractivity contribution in [1.82, 2.24) is 9.55 Å². The van der Waals surface area contributed by atoms with Gasteiger partial charge in [0.15, 0.2) is 5.69 Å². The number of aromatic nitrogens is 2. The number of halogens is 1. The lowest BCUT2D eigenvalue weighted by Crippen LogP contribution is -2.14. The second-order valence-corrected chi connectivity index (χ2v) is 13.9. The van der Waals surface area contributed by atoms with Crippen LogP contribution in [-0.2, 0) is 27.7 Å². The number of benzene rings is 3. The minimum Gasteiger partial charge on any atom is -0.464 e. The van der Waals surface area contributed by atoms with Gasteiger partial charge < -0.3 is 9.30 Å². The fourth-order valence-corrected chi connectivity index (χ4v) is 6.99. The molecule has 8 nitrogen and oxygen atoms in total. The fourth-order valence-electron chi connectivity index (χ4n) is 5.46. The van der Waals surface area contributed by atoms with Crippen molar-refractivity contribution in [3.63, 3.8) is 0 Å². The molecule has 0 unspecified atom stereocenters. The SMILES string of the molecule is COC(=O)c1nc(-c2cc(-c3cccc(-c4ccc(C#N)cc4)c3)n(Cc3ccc(S(N)(=O)=O)c(F)c3)c2CC2CC2)sc1C. The minimum absolute atomic E-state index is 0.258. The molecule has 5 aromatic rings. The number of sulfonamides is 1. The molecule has 1 aliphatic rings. The first-order valence-corrected chi connectivity index (χ1v) is 16.6. The zero-order valence-corrected chi connectivity index (χ0v) is 26.2. The van der Waals surface area contributed by atoms with Crippen molar-refractivity contribution in [2.24, 2.45) is 11.1 Å². The molecule has 0 radical (unpaired) electrons. The van der Waals surface area contributed by atoms with Gasteiger partial charge in [-0.3, -0.25) is 0 Å². The number of primary sulfonamides is 1. The summed E-state index contributed by atoms with van der Waals surface area (Å²) < 4.78 is 45.8. The summed E-state index contributed by atoms with van der Waals surface area (Å²) in [6.45, 7) is 2.09. The van der Waals surface area contributed by atoms with Crippen molar-refractivity contribution < 1.29 is 22.3 Å². The normalized spacial score (nSPS) is 13.0. The molecule has 0 amide bonds. The quantitative estimate of drug-likeness (QED) is 0.179. The third-order valence-electron chi connectivity index (χ3n) is 7.94. The van der Waals surface area contributed by atoms with Gasteiger partial charge in [-0.2, -0.15) is 5.26 Å². The number of ether oxygens (including phenoxy) is 1. The van der Waals surface area contributed by atoms with E-state index in [9.17, 15) is 22.9 Å². The molecule has 1 fully saturated rings. The van der Waals surface area contributed by atoms with E-state index in [2.05, 4.69) is 22.8 Å². The zero-order valence-electron chi connectivity index (χ0n) is 24.6. The van der Waals surface area contributed by atoms with Gasteiger partial charge in [0.2, 0.25) is 10.0 Å². The molecule has 6 rings (SSSR count). The van der Waals surface area contributed by atoms with Gasteiger partial charge in [-0.1, -0.05) is 36.4 Å². The number of carbonyl (C=O) groups excluding carboxylic acids is 1. The molecule has 0 saturated heterocycles. The summed E-state index contributed by atoms with van der Waals surface area (Å²) in [7, 11) is -2.88. The van der Waals surface area contributed by atoms with Gasteiger partial charge in [-0.05, 0) is 90.8 Å². The Hall–Kier alpha value is -4.63. The first-order chi connectivity index (χ1) is 21.5. The molecule has 2 heterocycles. The molecule has 11 heteroatoms. The van der Waals surface area contributed by atoms with Crippen molar-refractivity contribution in [2.45, 2.75) is 37.6 Å². The highest BCUT2D eigenvalue weighted by Crippen LogP contribution is 2.42. The van der Waals surface area contributed by atoms with Crippen LogP contribution in [-0.4, -0.2) is 31.0 Å². The van der Waals surface area contributed by atoms with Gasteiger partial charge >= 0.3 is 5.97 Å². The number of nitrogens with zero attached hydrogens (tertiary/aromatic N) is 3. The Bertz CT molecular complexity index is 2090. The predicted octanol–water partition coefficient (Wildman–Crippen LogP) is 6.70. The van der Waals surface area contributed by atoms with E-state index in [4.69, 9.17) is 14.9 Å². The number of nitrogens with two attached hydrogens (primary N) is 1. The van der Waals surface area contributed by atoms with Gasteiger partial charge in [0.1, 0.15) is 15.7 Å². The van der Waals surface area contributed by atoms with Gasteiger partial charge in [0.25, 0.3) is 0 Å². The van der Waals surface area contributed by atoms with E-state index in [0.29, 0.717) is 22.1 Å². The van der Waals surface area contributed by atoms with Crippen molar-refractivity contribution in [1.29, 1.82) is 5.26 Å². The summed E-state index contributed by atoms with van der Waals surface area (Å²) in [5, 5.41) is 15.1. The molecule has 3 aromatic carbocycles. The van der Waals surface area contributed by atoms with Gasteiger partial charge in [0.05, 0.1) is 18.7 Å². The van der Waals surface area contributed by atoms with Gasteiger partial charge in [-0.15, -0.1) is 11.3 Å². The highest BCUT2D eigenvalue weighted by Gasteiger charge is 2.29. The van der Waals surface area contributed by atoms with Crippen molar-refractivity contribution >= 4 is 27.3 Å². The Morgan fingerprint density at radius 3 is 2.47 bits per heavy atom. The van der Waals surface area contributed by atoms with Gasteiger partial charge in [0, 0.05) is 28.4 Å². The number of nitriles is 1. The van der Waals surface area contributed by atoms with Crippen LogP contribution in [0.5, 0.6) is 0 Å². The van der Waals surface area contributed by atoms with Crippen LogP contribution < -0.4 is 5.14 Å². The van der Waals surface area contributed by atoms with E-state index in [0.717, 1.165) is 57.8 Å². The lowest BCUT2D eigenvalue weighted by molar-refractivity contribution is 0.0594. The number of hydrogen-bond donors (Lipinski definition) is 1. The fraction of sp³-hybridized carbons (Fsp3) is 0.206. The minimum atomic E-state index is -4.21. The third-order valence-corrected chi connectivity index (χ3v) is 9.89. The molecule has 45 heavy (non-hydrogen) atoms. The number of aryl methyl sites for hydroxylation is 1. The molecule has 2 N–H and O–H groups in total. The average molecular weight is 641 g/mol. The van der Waals surface area contributed by atoms with Crippen molar-refractivity contribution in [3.05, 3.63) is 106 Å². The number of hydrogen-bond acceptors (Lipinski definition) is 7. The van der Waals surface area contributed by atoms with Crippen LogP contribution in [0.25, 0.3) is 33.0 Å². The Morgan fingerprint density at radius 2 is 1.82 bits per heavy atom. The van der Waals surface area contributed by atoms with Crippen LogP contribution in [0, 0.1) is 30.0 Å². The highest BCUT2D eigenvalue weighted by molar-refractivity contribution is 7.89. The van der Waals surface area contributed by atoms with Crippen LogP contribution >= 0.6 is 11.3 Å².